The van der Waals surface area contributed by atoms with Crippen LogP contribution in [-0.2, 0) is 19.1 Å². The maximum atomic E-state index is 14.7. The first-order chi connectivity index (χ1) is 20.5. The highest BCUT2D eigenvalue weighted by molar-refractivity contribution is 5.98. The van der Waals surface area contributed by atoms with Crippen molar-refractivity contribution in [2.45, 2.75) is 77.8 Å². The van der Waals surface area contributed by atoms with Gasteiger partial charge in [-0.1, -0.05) is 20.4 Å². The molecule has 15 heteroatoms. The number of aromatic nitrogens is 1. The van der Waals surface area contributed by atoms with Crippen molar-refractivity contribution in [2.24, 2.45) is 11.8 Å². The van der Waals surface area contributed by atoms with Crippen LogP contribution in [0.15, 0.2) is 53.8 Å². The Balaban J connectivity index is 2.61. The Bertz CT molecular complexity index is 1350. The minimum absolute atomic E-state index is 0.378. The van der Waals surface area contributed by atoms with E-state index in [0.29, 0.717) is 6.42 Å². The fraction of sp³-hybridized carbons (Fsp3) is 0.483. The molecule has 0 spiro atoms. The number of amides is 3. The van der Waals surface area contributed by atoms with Gasteiger partial charge in [-0.05, 0) is 51.3 Å². The van der Waals surface area contributed by atoms with Crippen LogP contribution in [0.5, 0.6) is 5.75 Å². The van der Waals surface area contributed by atoms with Crippen LogP contribution in [0.2, 0.25) is 0 Å². The van der Waals surface area contributed by atoms with Crippen LogP contribution in [-0.4, -0.2) is 69.2 Å². The number of nitrogens with one attached hydrogen (secondary N) is 3. The highest BCUT2D eigenvalue weighted by Crippen LogP contribution is 2.29. The molecule has 1 saturated heterocycles. The second-order valence-corrected chi connectivity index (χ2v) is 10.6. The van der Waals surface area contributed by atoms with Crippen molar-refractivity contribution >= 4 is 23.7 Å². The average molecular weight is 629 g/mol. The number of carbonyl (C=O) groups is 4. The van der Waals surface area contributed by atoms with Gasteiger partial charge in [0.25, 0.3) is 11.8 Å². The maximum Gasteiger partial charge on any atom is 0.312 e. The Hall–Kier alpha value is -4.27. The number of ether oxygens (including phenoxy) is 1. The van der Waals surface area contributed by atoms with E-state index < -0.39 is 113 Å². The van der Waals surface area contributed by atoms with Crippen molar-refractivity contribution in [1.29, 1.82) is 0 Å². The van der Waals surface area contributed by atoms with Gasteiger partial charge >= 0.3 is 5.97 Å². The van der Waals surface area contributed by atoms with Gasteiger partial charge in [0, 0.05) is 12.1 Å². The number of aliphatic hydroxyl groups is 1. The van der Waals surface area contributed by atoms with Crippen molar-refractivity contribution in [3.05, 3.63) is 59.5 Å². The number of aliphatic hydroxyl groups excluding tert-OH is 1. The van der Waals surface area contributed by atoms with Gasteiger partial charge in [-0.15, -0.1) is 0 Å². The Kier molecular flexibility index (Phi) is 12.6. The van der Waals surface area contributed by atoms with Gasteiger partial charge in [0.05, 0.1) is 24.1 Å². The minimum atomic E-state index is -2.20. The molecule has 0 aromatic carbocycles. The van der Waals surface area contributed by atoms with E-state index >= 15 is 0 Å². The molecule has 3 amide bonds. The fourth-order valence-corrected chi connectivity index (χ4v) is 4.30. The van der Waals surface area contributed by atoms with E-state index in [0.717, 1.165) is 6.92 Å². The summed E-state index contributed by atoms with van der Waals surface area (Å²) in [6.07, 6.45) is -2.38. The molecular weight excluding hydrogens is 592 g/mol. The number of esters is 1. The second kappa shape index (κ2) is 15.5. The van der Waals surface area contributed by atoms with Crippen molar-refractivity contribution in [3.63, 3.8) is 0 Å². The Morgan fingerprint density at radius 3 is 2.32 bits per heavy atom. The van der Waals surface area contributed by atoms with Crippen molar-refractivity contribution in [2.75, 3.05) is 0 Å². The average Bonchev–Trinajstić information content (AvgIpc) is 2.98. The minimum Gasteiger partial charge on any atom is -0.505 e. The van der Waals surface area contributed by atoms with Gasteiger partial charge in [-0.3, -0.25) is 19.2 Å². The predicted molar refractivity (Wildman–Crippen MR) is 149 cm³/mol. The lowest BCUT2D eigenvalue weighted by Gasteiger charge is -2.34. The van der Waals surface area contributed by atoms with Crippen LogP contribution in [0.3, 0.4) is 0 Å². The Labute approximate surface area is 251 Å². The lowest BCUT2D eigenvalue weighted by molar-refractivity contribution is -0.167. The summed E-state index contributed by atoms with van der Waals surface area (Å²) >= 11 is 0. The highest BCUT2D eigenvalue weighted by Gasteiger charge is 2.40. The molecule has 44 heavy (non-hydrogen) atoms. The number of allylic oxidation sites excluding steroid dienone is 4. The first-order valence-electron chi connectivity index (χ1n) is 13.7. The lowest BCUT2D eigenvalue weighted by atomic mass is 9.91. The van der Waals surface area contributed by atoms with E-state index in [4.69, 9.17) is 4.74 Å². The van der Waals surface area contributed by atoms with Crippen molar-refractivity contribution in [1.82, 2.24) is 20.9 Å². The molecular formula is C29H36F4N4O7. The van der Waals surface area contributed by atoms with E-state index in [9.17, 15) is 47.0 Å². The molecule has 11 nitrogen and oxygen atoms in total. The van der Waals surface area contributed by atoms with Gasteiger partial charge in [0.2, 0.25) is 5.91 Å². The standard InChI is InChI=1S/C29H36F4N4O7/c1-7-12(2)25-28(42)35-16(6)22(37-27(41)23-18(38)9-8-10-34-23)26(40)36-17(24(39)14(4)29(43)44-25)11-13(3)19(31)21(33)20(32)15(5)30/h8-10,12,14,16-17,22,24-25,38-39H,5,7,11H2,1-4,6H3,(H,35,42)(H,36,40)(H,37,41)/b19-13-,21-20-/t12?,14-,16-,17+,22+,24+,25?/m1/s1. The first-order valence-corrected chi connectivity index (χ1v) is 13.7. The zero-order chi connectivity index (χ0) is 33.5. The second-order valence-electron chi connectivity index (χ2n) is 10.6. The summed E-state index contributed by atoms with van der Waals surface area (Å²) in [6.45, 7) is 9.45. The Morgan fingerprint density at radius 1 is 1.11 bits per heavy atom. The zero-order valence-electron chi connectivity index (χ0n) is 24.8. The third-order valence-electron chi connectivity index (χ3n) is 7.25. The largest absolute Gasteiger partial charge is 0.505 e. The molecule has 1 aromatic heterocycles. The summed E-state index contributed by atoms with van der Waals surface area (Å²) < 4.78 is 61.1. The van der Waals surface area contributed by atoms with Gasteiger partial charge in [0.1, 0.15) is 11.8 Å². The summed E-state index contributed by atoms with van der Waals surface area (Å²) in [5.41, 5.74) is -1.05. The molecule has 242 valence electrons. The number of cyclic esters (lactones) is 1. The first kappa shape index (κ1) is 35.9. The SMILES string of the molecule is C=C(F)/C(F)=C(F)\C(F)=C(/C)C[C@@H]1NC(=O)[C@@H](NC(=O)c2ncccc2O)[C@@H](C)NC(=O)C(C(C)CC)OC(=O)[C@H](C)[C@@H]1O. The van der Waals surface area contributed by atoms with Gasteiger partial charge in [-0.2, -0.15) is 0 Å². The number of rotatable bonds is 8. The maximum absolute atomic E-state index is 14.7. The number of hydrogen-bond acceptors (Lipinski definition) is 8. The highest BCUT2D eigenvalue weighted by atomic mass is 19.2. The molecule has 1 aliphatic heterocycles. The number of pyridine rings is 1. The molecule has 1 aliphatic rings. The summed E-state index contributed by atoms with van der Waals surface area (Å²) in [7, 11) is 0. The summed E-state index contributed by atoms with van der Waals surface area (Å²) in [6, 6.07) is -1.90. The molecule has 2 heterocycles. The number of halogens is 4. The van der Waals surface area contributed by atoms with Crippen LogP contribution < -0.4 is 16.0 Å². The van der Waals surface area contributed by atoms with Crippen LogP contribution in [0, 0.1) is 11.8 Å². The fourth-order valence-electron chi connectivity index (χ4n) is 4.30. The molecule has 0 bridgehead atoms. The summed E-state index contributed by atoms with van der Waals surface area (Å²) in [5.74, 6) is -14.5. The summed E-state index contributed by atoms with van der Waals surface area (Å²) in [4.78, 5) is 56.5. The number of aromatic hydroxyl groups is 1. The van der Waals surface area contributed by atoms with E-state index in [2.05, 4.69) is 27.5 Å². The third-order valence-corrected chi connectivity index (χ3v) is 7.25. The van der Waals surface area contributed by atoms with E-state index in [1.165, 1.54) is 32.2 Å². The van der Waals surface area contributed by atoms with E-state index in [1.54, 1.807) is 13.8 Å². The van der Waals surface area contributed by atoms with Crippen molar-refractivity contribution in [3.8, 4) is 5.75 Å². The number of hydrogen-bond donors (Lipinski definition) is 5. The molecule has 0 saturated carbocycles. The molecule has 0 aliphatic carbocycles. The Morgan fingerprint density at radius 2 is 1.75 bits per heavy atom. The molecule has 0 radical (unpaired) electrons. The molecule has 2 rings (SSSR count). The monoisotopic (exact) mass is 628 g/mol. The number of nitrogens with zero attached hydrogens (tertiary/aromatic N) is 1. The van der Waals surface area contributed by atoms with Crippen LogP contribution >= 0.6 is 0 Å². The van der Waals surface area contributed by atoms with Crippen LogP contribution in [0.1, 0.15) is 57.9 Å². The third kappa shape index (κ3) is 8.65. The smallest absolute Gasteiger partial charge is 0.312 e. The van der Waals surface area contributed by atoms with Crippen LogP contribution in [0.4, 0.5) is 17.6 Å². The molecule has 1 aromatic rings. The van der Waals surface area contributed by atoms with E-state index in [1.807, 2.05) is 0 Å². The molecule has 7 atom stereocenters. The molecule has 5 N–H and O–H groups in total. The zero-order valence-corrected chi connectivity index (χ0v) is 24.8. The van der Waals surface area contributed by atoms with Crippen molar-refractivity contribution < 1.29 is 51.7 Å². The summed E-state index contributed by atoms with van der Waals surface area (Å²) in [5, 5.41) is 28.4. The topological polar surface area (TPSA) is 167 Å². The molecule has 1 fully saturated rings. The van der Waals surface area contributed by atoms with E-state index in [-0.39, 0.29) is 0 Å². The normalized spacial score (nSPS) is 26.8. The lowest BCUT2D eigenvalue weighted by Crippen LogP contribution is -2.62. The van der Waals surface area contributed by atoms with Gasteiger partial charge < -0.3 is 30.9 Å². The van der Waals surface area contributed by atoms with Crippen LogP contribution in [0.25, 0.3) is 0 Å². The molecule has 2 unspecified atom stereocenters. The number of carbonyl (C=O) groups excluding carboxylic acids is 4. The quantitative estimate of drug-likeness (QED) is 0.166. The van der Waals surface area contributed by atoms with Gasteiger partial charge in [-0.25, -0.2) is 22.5 Å². The predicted octanol–water partition coefficient (Wildman–Crippen LogP) is 3.11. The van der Waals surface area contributed by atoms with Gasteiger partial charge in [0.15, 0.2) is 35.1 Å².